The molecule has 3 aromatic rings. The van der Waals surface area contributed by atoms with E-state index in [1.807, 2.05) is 30.3 Å². The van der Waals surface area contributed by atoms with Gasteiger partial charge in [-0.3, -0.25) is 0 Å². The molecule has 0 bridgehead atoms. The molecule has 122 valence electrons. The molecule has 0 radical (unpaired) electrons. The fourth-order valence-corrected chi connectivity index (χ4v) is 3.22. The Hall–Kier alpha value is -2.69. The van der Waals surface area contributed by atoms with Gasteiger partial charge in [-0.15, -0.1) is 0 Å². The number of hydrogen-bond acceptors (Lipinski definition) is 5. The molecule has 24 heavy (non-hydrogen) atoms. The summed E-state index contributed by atoms with van der Waals surface area (Å²) in [6, 6.07) is 14.7. The van der Waals surface area contributed by atoms with Crippen LogP contribution in [0, 0.1) is 5.92 Å². The van der Waals surface area contributed by atoms with Gasteiger partial charge in [0, 0.05) is 0 Å². The third-order valence-corrected chi connectivity index (χ3v) is 4.59. The third-order valence-electron chi connectivity index (χ3n) is 4.59. The fraction of sp³-hybridized carbons (Fsp3) is 0.316. The highest BCUT2D eigenvalue weighted by Gasteiger charge is 2.34. The molecule has 5 nitrogen and oxygen atoms in total. The molecule has 1 saturated carbocycles. The minimum atomic E-state index is 0.175. The summed E-state index contributed by atoms with van der Waals surface area (Å²) >= 11 is 0. The van der Waals surface area contributed by atoms with Gasteiger partial charge in [0.1, 0.15) is 18.7 Å². The maximum absolute atomic E-state index is 5.83. The monoisotopic (exact) mass is 322 g/mol. The van der Waals surface area contributed by atoms with E-state index in [0.717, 1.165) is 22.6 Å². The number of para-hydroxylation sites is 2. The van der Waals surface area contributed by atoms with Gasteiger partial charge in [-0.05, 0) is 48.6 Å². The lowest BCUT2D eigenvalue weighted by atomic mass is 10.0. The van der Waals surface area contributed by atoms with Gasteiger partial charge in [0.05, 0.1) is 6.04 Å². The zero-order chi connectivity index (χ0) is 15.9. The molecule has 5 rings (SSSR count). The lowest BCUT2D eigenvalue weighted by molar-refractivity contribution is 0.171. The van der Waals surface area contributed by atoms with Crippen LogP contribution in [0.3, 0.4) is 0 Å². The molecule has 2 aliphatic rings. The van der Waals surface area contributed by atoms with Crippen LogP contribution in [-0.4, -0.2) is 18.2 Å². The van der Waals surface area contributed by atoms with Gasteiger partial charge >= 0.3 is 0 Å². The molecule has 2 aromatic carbocycles. The van der Waals surface area contributed by atoms with E-state index in [2.05, 4.69) is 22.4 Å². The molecular weight excluding hydrogens is 304 g/mol. The Bertz CT molecular complexity index is 852. The molecule has 1 aliphatic carbocycles. The number of fused-ring (bicyclic) bond motifs is 2. The van der Waals surface area contributed by atoms with Crippen molar-refractivity contribution in [2.75, 3.05) is 18.5 Å². The van der Waals surface area contributed by atoms with E-state index in [1.165, 1.54) is 18.4 Å². The van der Waals surface area contributed by atoms with Gasteiger partial charge < -0.3 is 19.2 Å². The maximum atomic E-state index is 5.83. The van der Waals surface area contributed by atoms with E-state index < -0.39 is 0 Å². The number of nitrogens with one attached hydrogen (secondary N) is 1. The number of hydrogen-bond donors (Lipinski definition) is 1. The van der Waals surface area contributed by atoms with Crippen LogP contribution in [-0.2, 0) is 0 Å². The van der Waals surface area contributed by atoms with Crippen molar-refractivity contribution in [3.8, 4) is 11.5 Å². The smallest absolute Gasteiger partial charge is 0.296 e. The summed E-state index contributed by atoms with van der Waals surface area (Å²) in [5, 5.41) is 3.48. The minimum Gasteiger partial charge on any atom is -0.486 e. The van der Waals surface area contributed by atoms with Crippen molar-refractivity contribution < 1.29 is 13.9 Å². The average molecular weight is 322 g/mol. The molecule has 1 aromatic heterocycles. The summed E-state index contributed by atoms with van der Waals surface area (Å²) in [5.74, 6) is 2.24. The van der Waals surface area contributed by atoms with E-state index in [9.17, 15) is 0 Å². The molecule has 1 N–H and O–H groups in total. The Balaban J connectivity index is 1.46. The fourth-order valence-electron chi connectivity index (χ4n) is 3.22. The van der Waals surface area contributed by atoms with E-state index in [1.54, 1.807) is 0 Å². The number of ether oxygens (including phenoxy) is 2. The first-order valence-corrected chi connectivity index (χ1v) is 8.38. The predicted molar refractivity (Wildman–Crippen MR) is 90.5 cm³/mol. The Kier molecular flexibility index (Phi) is 3.11. The molecule has 1 atom stereocenters. The van der Waals surface area contributed by atoms with Crippen LogP contribution >= 0.6 is 0 Å². The predicted octanol–water partition coefficient (Wildman–Crippen LogP) is 4.16. The first-order chi connectivity index (χ1) is 11.9. The lowest BCUT2D eigenvalue weighted by Crippen LogP contribution is -2.17. The molecule has 1 unspecified atom stereocenters. The van der Waals surface area contributed by atoms with Crippen LogP contribution in [0.4, 0.5) is 6.01 Å². The number of aromatic nitrogens is 1. The van der Waals surface area contributed by atoms with Crippen molar-refractivity contribution in [3.05, 3.63) is 48.0 Å². The van der Waals surface area contributed by atoms with Gasteiger partial charge in [-0.1, -0.05) is 18.2 Å². The topological polar surface area (TPSA) is 56.5 Å². The largest absolute Gasteiger partial charge is 0.486 e. The highest BCUT2D eigenvalue weighted by atomic mass is 16.6. The van der Waals surface area contributed by atoms with Crippen LogP contribution in [0.1, 0.15) is 24.4 Å². The standard InChI is InChI=1S/C19H18N2O3/c1-2-4-15-14(3-1)20-19(24-15)21-18(12-5-6-12)13-7-8-16-17(11-13)23-10-9-22-16/h1-4,7-8,11-12,18H,5-6,9-10H2,(H,20,21). The zero-order valence-electron chi connectivity index (χ0n) is 13.2. The SMILES string of the molecule is c1ccc2oc(NC(c3ccc4c(c3)OCCO4)C3CC3)nc2c1. The van der Waals surface area contributed by atoms with Gasteiger partial charge in [-0.2, -0.15) is 4.98 Å². The second kappa shape index (κ2) is 5.44. The Morgan fingerprint density at radius 2 is 1.83 bits per heavy atom. The second-order valence-corrected chi connectivity index (χ2v) is 6.35. The second-order valence-electron chi connectivity index (χ2n) is 6.35. The van der Waals surface area contributed by atoms with E-state index in [-0.39, 0.29) is 6.04 Å². The number of benzene rings is 2. The minimum absolute atomic E-state index is 0.175. The van der Waals surface area contributed by atoms with Crippen LogP contribution in [0.15, 0.2) is 46.9 Å². The first-order valence-electron chi connectivity index (χ1n) is 8.38. The highest BCUT2D eigenvalue weighted by Crippen LogP contribution is 2.45. The molecule has 1 fully saturated rings. The maximum Gasteiger partial charge on any atom is 0.296 e. The summed E-state index contributed by atoms with van der Waals surface area (Å²) in [7, 11) is 0. The van der Waals surface area contributed by atoms with Gasteiger partial charge in [0.2, 0.25) is 0 Å². The normalized spacial score (nSPS) is 17.7. The quantitative estimate of drug-likeness (QED) is 0.781. The van der Waals surface area contributed by atoms with Gasteiger partial charge in [-0.25, -0.2) is 0 Å². The van der Waals surface area contributed by atoms with Crippen molar-refractivity contribution in [3.63, 3.8) is 0 Å². The molecule has 0 amide bonds. The summed E-state index contributed by atoms with van der Waals surface area (Å²) in [4.78, 5) is 4.54. The van der Waals surface area contributed by atoms with Crippen molar-refractivity contribution in [2.45, 2.75) is 18.9 Å². The Labute approximate surface area is 139 Å². The van der Waals surface area contributed by atoms with E-state index in [0.29, 0.717) is 25.1 Å². The molecule has 5 heteroatoms. The van der Waals surface area contributed by atoms with Crippen LogP contribution in [0.2, 0.25) is 0 Å². The highest BCUT2D eigenvalue weighted by molar-refractivity contribution is 5.74. The number of oxazole rings is 1. The lowest BCUT2D eigenvalue weighted by Gasteiger charge is -2.22. The van der Waals surface area contributed by atoms with Crippen molar-refractivity contribution in [2.24, 2.45) is 5.92 Å². The Morgan fingerprint density at radius 3 is 2.67 bits per heavy atom. The molecular formula is C19H18N2O3. The van der Waals surface area contributed by atoms with Crippen molar-refractivity contribution >= 4 is 17.1 Å². The van der Waals surface area contributed by atoms with Crippen LogP contribution < -0.4 is 14.8 Å². The first kappa shape index (κ1) is 13.7. The van der Waals surface area contributed by atoms with Crippen LogP contribution in [0.5, 0.6) is 11.5 Å². The Morgan fingerprint density at radius 1 is 1.00 bits per heavy atom. The summed E-state index contributed by atoms with van der Waals surface area (Å²) in [6.07, 6.45) is 2.43. The molecule has 0 saturated heterocycles. The van der Waals surface area contributed by atoms with Crippen LogP contribution in [0.25, 0.3) is 11.1 Å². The summed E-state index contributed by atoms with van der Waals surface area (Å²) < 4.78 is 17.2. The average Bonchev–Trinajstić information content (AvgIpc) is 3.38. The number of anilines is 1. The summed E-state index contributed by atoms with van der Waals surface area (Å²) in [5.41, 5.74) is 2.86. The third kappa shape index (κ3) is 2.46. The zero-order valence-corrected chi connectivity index (χ0v) is 13.2. The molecule has 0 spiro atoms. The van der Waals surface area contributed by atoms with Gasteiger partial charge in [0.25, 0.3) is 6.01 Å². The molecule has 1 aliphatic heterocycles. The number of nitrogens with zero attached hydrogens (tertiary/aromatic N) is 1. The van der Waals surface area contributed by atoms with Crippen molar-refractivity contribution in [1.29, 1.82) is 0 Å². The van der Waals surface area contributed by atoms with E-state index >= 15 is 0 Å². The van der Waals surface area contributed by atoms with Crippen molar-refractivity contribution in [1.82, 2.24) is 4.98 Å². The summed E-state index contributed by atoms with van der Waals surface area (Å²) in [6.45, 7) is 1.21. The van der Waals surface area contributed by atoms with E-state index in [4.69, 9.17) is 13.9 Å². The molecule has 2 heterocycles. The number of rotatable bonds is 4. The van der Waals surface area contributed by atoms with Gasteiger partial charge in [0.15, 0.2) is 17.1 Å².